The van der Waals surface area contributed by atoms with Gasteiger partial charge in [-0.05, 0) is 25.0 Å². The normalized spacial score (nSPS) is 31.5. The van der Waals surface area contributed by atoms with Crippen LogP contribution in [0.4, 0.5) is 4.39 Å². The summed E-state index contributed by atoms with van der Waals surface area (Å²) in [4.78, 5) is 0. The lowest BCUT2D eigenvalue weighted by Gasteiger charge is -2.18. The van der Waals surface area contributed by atoms with Gasteiger partial charge in [0.25, 0.3) is 0 Å². The van der Waals surface area contributed by atoms with E-state index in [1.54, 1.807) is 6.07 Å². The molecular weight excluding hydrogens is 223 g/mol. The Morgan fingerprint density at radius 2 is 2.24 bits per heavy atom. The molecule has 1 aromatic carbocycles. The van der Waals surface area contributed by atoms with Gasteiger partial charge in [-0.25, -0.2) is 4.39 Å². The zero-order chi connectivity index (χ0) is 11.8. The summed E-state index contributed by atoms with van der Waals surface area (Å²) in [7, 11) is 0. The molecule has 3 rings (SSSR count). The third-order valence-electron chi connectivity index (χ3n) is 3.41. The molecule has 3 nitrogen and oxygen atoms in total. The van der Waals surface area contributed by atoms with E-state index < -0.39 is 0 Å². The van der Waals surface area contributed by atoms with Crippen LogP contribution < -0.4 is 4.74 Å². The molecule has 2 heterocycles. The van der Waals surface area contributed by atoms with Gasteiger partial charge in [-0.15, -0.1) is 0 Å². The van der Waals surface area contributed by atoms with E-state index in [9.17, 15) is 4.39 Å². The van der Waals surface area contributed by atoms with E-state index in [2.05, 4.69) is 0 Å². The SMILES string of the molecule is Cc1ccc(F)cc1O[C@@H]1CO[C@@H]2OCC[C@@H]21. The first-order valence-electron chi connectivity index (χ1n) is 5.90. The highest BCUT2D eigenvalue weighted by Crippen LogP contribution is 2.34. The van der Waals surface area contributed by atoms with E-state index in [4.69, 9.17) is 14.2 Å². The number of ether oxygens (including phenoxy) is 3. The van der Waals surface area contributed by atoms with Gasteiger partial charge in [-0.2, -0.15) is 0 Å². The van der Waals surface area contributed by atoms with E-state index in [0.717, 1.165) is 18.6 Å². The average Bonchev–Trinajstić information content (AvgIpc) is 2.88. The maximum Gasteiger partial charge on any atom is 0.164 e. The molecule has 0 aromatic heterocycles. The monoisotopic (exact) mass is 238 g/mol. The Kier molecular flexibility index (Phi) is 2.76. The Labute approximate surface area is 99.5 Å². The van der Waals surface area contributed by atoms with Crippen molar-refractivity contribution >= 4 is 0 Å². The molecule has 3 atom stereocenters. The molecule has 0 radical (unpaired) electrons. The minimum atomic E-state index is -0.274. The second-order valence-corrected chi connectivity index (χ2v) is 4.59. The van der Waals surface area contributed by atoms with Crippen LogP contribution in [0.3, 0.4) is 0 Å². The number of benzene rings is 1. The van der Waals surface area contributed by atoms with Crippen molar-refractivity contribution in [2.75, 3.05) is 13.2 Å². The van der Waals surface area contributed by atoms with E-state index in [1.807, 2.05) is 6.92 Å². The quantitative estimate of drug-likeness (QED) is 0.791. The second-order valence-electron chi connectivity index (χ2n) is 4.59. The van der Waals surface area contributed by atoms with Crippen molar-refractivity contribution in [3.8, 4) is 5.75 Å². The fraction of sp³-hybridized carbons (Fsp3) is 0.538. The first-order valence-corrected chi connectivity index (χ1v) is 5.90. The molecule has 0 amide bonds. The van der Waals surface area contributed by atoms with Crippen LogP contribution in [-0.4, -0.2) is 25.6 Å². The first kappa shape index (κ1) is 11.0. The number of aryl methyl sites for hydroxylation is 1. The number of hydrogen-bond donors (Lipinski definition) is 0. The molecule has 4 heteroatoms. The van der Waals surface area contributed by atoms with Crippen LogP contribution >= 0.6 is 0 Å². The lowest BCUT2D eigenvalue weighted by molar-refractivity contribution is -0.0906. The molecule has 17 heavy (non-hydrogen) atoms. The van der Waals surface area contributed by atoms with Crippen LogP contribution in [0.15, 0.2) is 18.2 Å². The molecule has 0 N–H and O–H groups in total. The number of fused-ring (bicyclic) bond motifs is 1. The fourth-order valence-electron chi connectivity index (χ4n) is 2.41. The summed E-state index contributed by atoms with van der Waals surface area (Å²) in [6.45, 7) is 3.15. The molecule has 92 valence electrons. The van der Waals surface area contributed by atoms with Crippen molar-refractivity contribution in [2.45, 2.75) is 25.7 Å². The Bertz CT molecular complexity index is 421. The summed E-state index contributed by atoms with van der Waals surface area (Å²) >= 11 is 0. The summed E-state index contributed by atoms with van der Waals surface area (Å²) in [6.07, 6.45) is 0.792. The highest BCUT2D eigenvalue weighted by Gasteiger charge is 2.43. The van der Waals surface area contributed by atoms with Crippen LogP contribution in [0.5, 0.6) is 5.75 Å². The van der Waals surface area contributed by atoms with Gasteiger partial charge in [0.1, 0.15) is 17.7 Å². The Morgan fingerprint density at radius 1 is 1.35 bits per heavy atom. The molecule has 1 aromatic rings. The van der Waals surface area contributed by atoms with E-state index in [1.165, 1.54) is 12.1 Å². The van der Waals surface area contributed by atoms with Crippen LogP contribution in [0.1, 0.15) is 12.0 Å². The molecule has 2 fully saturated rings. The second kappa shape index (κ2) is 4.27. The van der Waals surface area contributed by atoms with Crippen LogP contribution in [0.25, 0.3) is 0 Å². The number of halogens is 1. The van der Waals surface area contributed by atoms with Gasteiger partial charge in [0.15, 0.2) is 6.29 Å². The molecule has 0 aliphatic carbocycles. The van der Waals surface area contributed by atoms with Crippen molar-refractivity contribution in [1.82, 2.24) is 0 Å². The van der Waals surface area contributed by atoms with E-state index >= 15 is 0 Å². The summed E-state index contributed by atoms with van der Waals surface area (Å²) < 4.78 is 29.9. The highest BCUT2D eigenvalue weighted by molar-refractivity contribution is 5.33. The smallest absolute Gasteiger partial charge is 0.164 e. The molecule has 0 unspecified atom stereocenters. The van der Waals surface area contributed by atoms with Gasteiger partial charge in [-0.3, -0.25) is 0 Å². The third kappa shape index (κ3) is 2.03. The summed E-state index contributed by atoms with van der Waals surface area (Å²) in [6, 6.07) is 4.59. The van der Waals surface area contributed by atoms with Crippen LogP contribution in [0.2, 0.25) is 0 Å². The maximum absolute atomic E-state index is 13.2. The summed E-state index contributed by atoms with van der Waals surface area (Å²) in [5.74, 6) is 0.604. The van der Waals surface area contributed by atoms with Gasteiger partial charge in [0, 0.05) is 6.07 Å². The van der Waals surface area contributed by atoms with Gasteiger partial charge in [0.05, 0.1) is 19.1 Å². The molecule has 2 aliphatic rings. The predicted octanol–water partition coefficient (Wildman–Crippen LogP) is 2.27. The first-order chi connectivity index (χ1) is 8.24. The Hall–Kier alpha value is -1.13. The minimum absolute atomic E-state index is 0.0250. The molecule has 2 saturated heterocycles. The topological polar surface area (TPSA) is 27.7 Å². The average molecular weight is 238 g/mol. The zero-order valence-corrected chi connectivity index (χ0v) is 9.69. The van der Waals surface area contributed by atoms with Crippen molar-refractivity contribution in [2.24, 2.45) is 5.92 Å². The zero-order valence-electron chi connectivity index (χ0n) is 9.69. The Morgan fingerprint density at radius 3 is 3.12 bits per heavy atom. The van der Waals surface area contributed by atoms with Crippen molar-refractivity contribution < 1.29 is 18.6 Å². The molecule has 0 bridgehead atoms. The van der Waals surface area contributed by atoms with Crippen LogP contribution in [0, 0.1) is 18.7 Å². The van der Waals surface area contributed by atoms with Crippen molar-refractivity contribution in [3.63, 3.8) is 0 Å². The standard InChI is InChI=1S/C13H15FO3/c1-8-2-3-9(14)6-11(8)17-12-7-16-13-10(12)4-5-15-13/h2-3,6,10,12-13H,4-5,7H2,1H3/t10-,12-,13+/m1/s1. The third-order valence-corrected chi connectivity index (χ3v) is 3.41. The largest absolute Gasteiger partial charge is 0.487 e. The van der Waals surface area contributed by atoms with Gasteiger partial charge in [-0.1, -0.05) is 6.07 Å². The fourth-order valence-corrected chi connectivity index (χ4v) is 2.41. The minimum Gasteiger partial charge on any atom is -0.487 e. The maximum atomic E-state index is 13.2. The predicted molar refractivity (Wildman–Crippen MR) is 59.4 cm³/mol. The van der Waals surface area contributed by atoms with Gasteiger partial charge < -0.3 is 14.2 Å². The molecular formula is C13H15FO3. The van der Waals surface area contributed by atoms with Gasteiger partial charge >= 0.3 is 0 Å². The summed E-state index contributed by atoms with van der Waals surface area (Å²) in [5, 5.41) is 0. The molecule has 2 aliphatic heterocycles. The van der Waals surface area contributed by atoms with Crippen molar-refractivity contribution in [1.29, 1.82) is 0 Å². The molecule has 0 spiro atoms. The van der Waals surface area contributed by atoms with Crippen molar-refractivity contribution in [3.05, 3.63) is 29.6 Å². The lowest BCUT2D eigenvalue weighted by Crippen LogP contribution is -2.26. The Balaban J connectivity index is 1.76. The van der Waals surface area contributed by atoms with E-state index in [0.29, 0.717) is 12.4 Å². The number of rotatable bonds is 2. The number of hydrogen-bond acceptors (Lipinski definition) is 3. The molecule has 0 saturated carbocycles. The highest BCUT2D eigenvalue weighted by atomic mass is 19.1. The van der Waals surface area contributed by atoms with E-state index in [-0.39, 0.29) is 24.1 Å². The summed E-state index contributed by atoms with van der Waals surface area (Å²) in [5.41, 5.74) is 0.939. The lowest BCUT2D eigenvalue weighted by atomic mass is 10.0. The van der Waals surface area contributed by atoms with Crippen LogP contribution in [-0.2, 0) is 9.47 Å². The van der Waals surface area contributed by atoms with Gasteiger partial charge in [0.2, 0.25) is 0 Å².